The summed E-state index contributed by atoms with van der Waals surface area (Å²) in [6.45, 7) is 3.27. The molecule has 1 fully saturated rings. The quantitative estimate of drug-likeness (QED) is 0.669. The van der Waals surface area contributed by atoms with Crippen LogP contribution in [0.25, 0.3) is 0 Å². The molecule has 0 radical (unpaired) electrons. The highest BCUT2D eigenvalue weighted by Crippen LogP contribution is 2.27. The molecule has 0 unspecified atom stereocenters. The topological polar surface area (TPSA) is 114 Å². The first-order valence-corrected chi connectivity index (χ1v) is 11.2. The molecule has 2 aromatic carbocycles. The standard InChI is InChI=1S/C20H21ClN4O4S/c21-18-5-4-15(14-22)12-19(18)23-30(28,29)17-3-1-2-16(13-17)25-10-8-24(9-11-25)7-6-20(26)27/h1-5,12-13,23H,6-11H2,(H,26,27). The predicted molar refractivity (Wildman–Crippen MR) is 114 cm³/mol. The van der Waals surface area contributed by atoms with Crippen LogP contribution in [-0.2, 0) is 14.8 Å². The van der Waals surface area contributed by atoms with E-state index in [1.165, 1.54) is 24.3 Å². The van der Waals surface area contributed by atoms with E-state index in [4.69, 9.17) is 22.0 Å². The number of nitriles is 1. The van der Waals surface area contributed by atoms with Crippen LogP contribution >= 0.6 is 11.6 Å². The third kappa shape index (κ3) is 5.42. The van der Waals surface area contributed by atoms with Gasteiger partial charge >= 0.3 is 5.97 Å². The highest BCUT2D eigenvalue weighted by molar-refractivity contribution is 7.92. The number of carbonyl (C=O) groups is 1. The summed E-state index contributed by atoms with van der Waals surface area (Å²) in [4.78, 5) is 15.0. The molecule has 0 spiro atoms. The van der Waals surface area contributed by atoms with E-state index < -0.39 is 16.0 Å². The summed E-state index contributed by atoms with van der Waals surface area (Å²) >= 11 is 6.07. The molecule has 0 saturated carbocycles. The summed E-state index contributed by atoms with van der Waals surface area (Å²) in [6.07, 6.45) is 0.106. The monoisotopic (exact) mass is 448 g/mol. The number of sulfonamides is 1. The fraction of sp³-hybridized carbons (Fsp3) is 0.300. The van der Waals surface area contributed by atoms with Crippen molar-refractivity contribution in [2.24, 2.45) is 0 Å². The number of aliphatic carboxylic acids is 1. The normalized spacial score (nSPS) is 14.9. The maximum absolute atomic E-state index is 12.9. The van der Waals surface area contributed by atoms with Gasteiger partial charge in [-0.3, -0.25) is 14.4 Å². The average molecular weight is 449 g/mol. The van der Waals surface area contributed by atoms with Crippen LogP contribution in [0.1, 0.15) is 12.0 Å². The zero-order valence-corrected chi connectivity index (χ0v) is 17.7. The molecule has 30 heavy (non-hydrogen) atoms. The number of carboxylic acids is 1. The number of rotatable bonds is 7. The molecule has 2 N–H and O–H groups in total. The van der Waals surface area contributed by atoms with Crippen molar-refractivity contribution in [2.75, 3.05) is 42.3 Å². The average Bonchev–Trinajstić information content (AvgIpc) is 2.74. The number of nitrogens with one attached hydrogen (secondary N) is 1. The summed E-state index contributed by atoms with van der Waals surface area (Å²) in [6, 6.07) is 12.9. The van der Waals surface area contributed by atoms with Gasteiger partial charge < -0.3 is 10.0 Å². The molecule has 0 aliphatic carbocycles. The van der Waals surface area contributed by atoms with Crippen LogP contribution in [0.2, 0.25) is 5.02 Å². The lowest BCUT2D eigenvalue weighted by Crippen LogP contribution is -2.47. The van der Waals surface area contributed by atoms with Gasteiger partial charge in [-0.15, -0.1) is 0 Å². The molecule has 0 aromatic heterocycles. The van der Waals surface area contributed by atoms with E-state index in [0.717, 1.165) is 5.69 Å². The van der Waals surface area contributed by atoms with E-state index in [9.17, 15) is 13.2 Å². The molecule has 10 heteroatoms. The number of hydrogen-bond acceptors (Lipinski definition) is 6. The predicted octanol–water partition coefficient (Wildman–Crippen LogP) is 2.61. The number of carboxylic acid groups (broad SMARTS) is 1. The van der Waals surface area contributed by atoms with Crippen molar-refractivity contribution in [1.82, 2.24) is 4.90 Å². The largest absolute Gasteiger partial charge is 0.481 e. The van der Waals surface area contributed by atoms with Crippen molar-refractivity contribution < 1.29 is 18.3 Å². The van der Waals surface area contributed by atoms with Crippen LogP contribution in [-0.4, -0.2) is 57.1 Å². The van der Waals surface area contributed by atoms with Crippen molar-refractivity contribution in [2.45, 2.75) is 11.3 Å². The van der Waals surface area contributed by atoms with Crippen LogP contribution < -0.4 is 9.62 Å². The highest BCUT2D eigenvalue weighted by atomic mass is 35.5. The van der Waals surface area contributed by atoms with E-state index in [1.807, 2.05) is 12.1 Å². The van der Waals surface area contributed by atoms with Gasteiger partial charge in [0.05, 0.1) is 33.7 Å². The fourth-order valence-corrected chi connectivity index (χ4v) is 4.54. The molecular weight excluding hydrogens is 428 g/mol. The Morgan fingerprint density at radius 1 is 1.17 bits per heavy atom. The van der Waals surface area contributed by atoms with Crippen molar-refractivity contribution in [3.05, 3.63) is 53.1 Å². The number of benzene rings is 2. The minimum absolute atomic E-state index is 0.0896. The first-order chi connectivity index (χ1) is 14.3. The van der Waals surface area contributed by atoms with E-state index in [2.05, 4.69) is 14.5 Å². The maximum atomic E-state index is 12.9. The van der Waals surface area contributed by atoms with E-state index >= 15 is 0 Å². The second-order valence-corrected chi connectivity index (χ2v) is 8.97. The lowest BCUT2D eigenvalue weighted by atomic mass is 10.2. The molecule has 0 bridgehead atoms. The third-order valence-corrected chi connectivity index (χ3v) is 6.54. The first kappa shape index (κ1) is 21.9. The maximum Gasteiger partial charge on any atom is 0.304 e. The van der Waals surface area contributed by atoms with Gasteiger partial charge in [-0.1, -0.05) is 17.7 Å². The molecule has 158 valence electrons. The molecule has 1 saturated heterocycles. The summed E-state index contributed by atoms with van der Waals surface area (Å²) in [5.74, 6) is -0.816. The molecule has 1 aliphatic heterocycles. The molecule has 3 rings (SSSR count). The van der Waals surface area contributed by atoms with Crippen molar-refractivity contribution in [1.29, 1.82) is 5.26 Å². The highest BCUT2D eigenvalue weighted by Gasteiger charge is 2.21. The van der Waals surface area contributed by atoms with E-state index in [0.29, 0.717) is 38.3 Å². The van der Waals surface area contributed by atoms with Crippen molar-refractivity contribution >= 4 is 39.0 Å². The second-order valence-electron chi connectivity index (χ2n) is 6.88. The van der Waals surface area contributed by atoms with Gasteiger partial charge in [0, 0.05) is 38.4 Å². The summed E-state index contributed by atoms with van der Waals surface area (Å²) < 4.78 is 28.2. The lowest BCUT2D eigenvalue weighted by Gasteiger charge is -2.36. The molecule has 1 heterocycles. The first-order valence-electron chi connectivity index (χ1n) is 9.30. The van der Waals surface area contributed by atoms with Crippen LogP contribution in [0.5, 0.6) is 0 Å². The van der Waals surface area contributed by atoms with Gasteiger partial charge in [-0.05, 0) is 36.4 Å². The summed E-state index contributed by atoms with van der Waals surface area (Å²) in [5, 5.41) is 18.0. The van der Waals surface area contributed by atoms with E-state index in [-0.39, 0.29) is 22.0 Å². The molecule has 2 aromatic rings. The Morgan fingerprint density at radius 3 is 2.57 bits per heavy atom. The van der Waals surface area contributed by atoms with Crippen molar-refractivity contribution in [3.63, 3.8) is 0 Å². The Hall–Kier alpha value is -2.80. The van der Waals surface area contributed by atoms with Crippen LogP contribution in [0.4, 0.5) is 11.4 Å². The Morgan fingerprint density at radius 2 is 1.90 bits per heavy atom. The number of anilines is 2. The Labute approximate surface area is 180 Å². The van der Waals surface area contributed by atoms with Gasteiger partial charge in [-0.2, -0.15) is 5.26 Å². The molecule has 1 aliphatic rings. The van der Waals surface area contributed by atoms with Crippen molar-refractivity contribution in [3.8, 4) is 6.07 Å². The SMILES string of the molecule is N#Cc1ccc(Cl)c(NS(=O)(=O)c2cccc(N3CCN(CCC(=O)O)CC3)c2)c1. The number of nitrogens with zero attached hydrogens (tertiary/aromatic N) is 3. The summed E-state index contributed by atoms with van der Waals surface area (Å²) in [7, 11) is -3.90. The zero-order chi connectivity index (χ0) is 21.7. The Balaban J connectivity index is 1.72. The van der Waals surface area contributed by atoms with Gasteiger partial charge in [0.15, 0.2) is 0 Å². The van der Waals surface area contributed by atoms with E-state index in [1.54, 1.807) is 12.1 Å². The Kier molecular flexibility index (Phi) is 6.82. The number of piperazine rings is 1. The zero-order valence-electron chi connectivity index (χ0n) is 16.1. The van der Waals surface area contributed by atoms with Gasteiger partial charge in [0.1, 0.15) is 0 Å². The fourth-order valence-electron chi connectivity index (χ4n) is 3.21. The Bertz CT molecular complexity index is 1080. The minimum atomic E-state index is -3.90. The van der Waals surface area contributed by atoms with Crippen LogP contribution in [0, 0.1) is 11.3 Å². The third-order valence-electron chi connectivity index (χ3n) is 4.85. The number of hydrogen-bond donors (Lipinski definition) is 2. The lowest BCUT2D eigenvalue weighted by molar-refractivity contribution is -0.137. The minimum Gasteiger partial charge on any atom is -0.481 e. The molecule has 8 nitrogen and oxygen atoms in total. The second kappa shape index (κ2) is 9.34. The van der Waals surface area contributed by atoms with Crippen LogP contribution in [0.3, 0.4) is 0 Å². The van der Waals surface area contributed by atoms with Gasteiger partial charge in [-0.25, -0.2) is 8.42 Å². The summed E-state index contributed by atoms with van der Waals surface area (Å²) in [5.41, 5.74) is 1.22. The smallest absolute Gasteiger partial charge is 0.304 e. The van der Waals surface area contributed by atoms with Gasteiger partial charge in [0.25, 0.3) is 10.0 Å². The molecular formula is C20H21ClN4O4S. The number of halogens is 1. The van der Waals surface area contributed by atoms with Gasteiger partial charge in [0.2, 0.25) is 0 Å². The van der Waals surface area contributed by atoms with Crippen LogP contribution in [0.15, 0.2) is 47.4 Å². The molecule has 0 atom stereocenters. The molecule has 0 amide bonds.